The predicted octanol–water partition coefficient (Wildman–Crippen LogP) is 1.73. The van der Waals surface area contributed by atoms with Crippen LogP contribution in [0.15, 0.2) is 35.3 Å². The number of hydrogen-bond donors (Lipinski definition) is 0. The van der Waals surface area contributed by atoms with Crippen LogP contribution < -0.4 is 10.4 Å². The monoisotopic (exact) mass is 341 g/mol. The van der Waals surface area contributed by atoms with Crippen LogP contribution in [0.4, 0.5) is 4.79 Å². The Balaban J connectivity index is 2.18. The van der Waals surface area contributed by atoms with E-state index in [-0.39, 0.29) is 0 Å². The second-order valence-electron chi connectivity index (χ2n) is 5.61. The number of ether oxygens (including phenoxy) is 1. The van der Waals surface area contributed by atoms with E-state index in [0.29, 0.717) is 29.3 Å². The summed E-state index contributed by atoms with van der Waals surface area (Å²) < 4.78 is 7.66. The Bertz CT molecular complexity index is 1010. The van der Waals surface area contributed by atoms with Crippen molar-refractivity contribution >= 4 is 17.2 Å². The molecule has 2 aromatic heterocycles. The minimum absolute atomic E-state index is 0.379. The van der Waals surface area contributed by atoms with Gasteiger partial charge in [0.1, 0.15) is 11.3 Å². The highest BCUT2D eigenvalue weighted by atomic mass is 16.5. The molecule has 1 aromatic carbocycles. The van der Waals surface area contributed by atoms with Gasteiger partial charge < -0.3 is 9.64 Å². The number of carbonyl (C=O) groups excluding carboxylic acids is 1. The summed E-state index contributed by atoms with van der Waals surface area (Å²) in [6.45, 7) is 2.33. The van der Waals surface area contributed by atoms with Gasteiger partial charge in [-0.2, -0.15) is 0 Å². The number of aromatic nitrogens is 4. The van der Waals surface area contributed by atoms with Crippen molar-refractivity contribution in [3.05, 3.63) is 40.9 Å². The fourth-order valence-electron chi connectivity index (χ4n) is 2.51. The zero-order valence-electron chi connectivity index (χ0n) is 14.6. The summed E-state index contributed by atoms with van der Waals surface area (Å²) in [5.74, 6) is 1.14. The number of nitrogens with zero attached hydrogens (tertiary/aromatic N) is 5. The number of aryl methyl sites for hydroxylation is 1. The van der Waals surface area contributed by atoms with Crippen LogP contribution in [0.5, 0.6) is 5.75 Å². The van der Waals surface area contributed by atoms with Crippen molar-refractivity contribution in [2.75, 3.05) is 20.7 Å². The predicted molar refractivity (Wildman–Crippen MR) is 93.9 cm³/mol. The number of benzene rings is 1. The Kier molecular flexibility index (Phi) is 4.26. The molecule has 0 aliphatic heterocycles. The molecule has 0 unspecified atom stereocenters. The first-order chi connectivity index (χ1) is 12.0. The average molecular weight is 341 g/mol. The van der Waals surface area contributed by atoms with Gasteiger partial charge in [-0.3, -0.25) is 4.57 Å². The van der Waals surface area contributed by atoms with Gasteiger partial charge in [-0.05, 0) is 19.1 Å². The van der Waals surface area contributed by atoms with Gasteiger partial charge in [0.2, 0.25) is 0 Å². The van der Waals surface area contributed by atoms with Crippen molar-refractivity contribution in [3.63, 3.8) is 0 Å². The van der Waals surface area contributed by atoms with Crippen LogP contribution in [-0.2, 0) is 7.05 Å². The summed E-state index contributed by atoms with van der Waals surface area (Å²) in [4.78, 5) is 35.2. The first kappa shape index (κ1) is 16.7. The normalized spacial score (nSPS) is 10.9. The molecule has 0 N–H and O–H groups in total. The van der Waals surface area contributed by atoms with Crippen LogP contribution in [0.3, 0.4) is 0 Å². The van der Waals surface area contributed by atoms with Crippen molar-refractivity contribution in [2.45, 2.75) is 6.92 Å². The molecule has 2 heterocycles. The zero-order chi connectivity index (χ0) is 18.1. The van der Waals surface area contributed by atoms with Crippen LogP contribution >= 0.6 is 0 Å². The molecule has 0 saturated heterocycles. The van der Waals surface area contributed by atoms with E-state index in [1.54, 1.807) is 21.2 Å². The maximum absolute atomic E-state index is 12.5. The van der Waals surface area contributed by atoms with Gasteiger partial charge >= 0.3 is 11.7 Å². The Hall–Kier alpha value is -3.16. The van der Waals surface area contributed by atoms with E-state index < -0.39 is 11.7 Å². The second kappa shape index (κ2) is 6.39. The Morgan fingerprint density at radius 3 is 2.80 bits per heavy atom. The van der Waals surface area contributed by atoms with Crippen molar-refractivity contribution in [1.82, 2.24) is 24.0 Å². The number of carbonyl (C=O) groups is 1. The summed E-state index contributed by atoms with van der Waals surface area (Å²) in [7, 11) is 4.81. The summed E-state index contributed by atoms with van der Waals surface area (Å²) in [5.41, 5.74) is 1.09. The van der Waals surface area contributed by atoms with Crippen LogP contribution in [0.2, 0.25) is 0 Å². The van der Waals surface area contributed by atoms with Crippen molar-refractivity contribution in [1.29, 1.82) is 0 Å². The van der Waals surface area contributed by atoms with Crippen LogP contribution in [0.25, 0.3) is 22.6 Å². The number of hydrogen-bond acceptors (Lipinski definition) is 5. The SMILES string of the molecule is CCN(C)C(=O)n1c(=O)n(C)c2nc(-c3cccc(OC)c3)ncc21. The first-order valence-corrected chi connectivity index (χ1v) is 7.82. The standard InChI is InChI=1S/C17H19N5O3/c1-5-20(2)16(23)22-13-10-18-14(19-15(13)21(3)17(22)24)11-7-6-8-12(9-11)25-4/h6-10H,5H2,1-4H3. The molecule has 0 saturated carbocycles. The summed E-state index contributed by atoms with van der Waals surface area (Å²) in [5, 5.41) is 0. The molecule has 3 aromatic rings. The zero-order valence-corrected chi connectivity index (χ0v) is 14.6. The molecule has 1 amide bonds. The highest BCUT2D eigenvalue weighted by Crippen LogP contribution is 2.22. The molecule has 0 atom stereocenters. The lowest BCUT2D eigenvalue weighted by Gasteiger charge is -2.14. The number of amides is 1. The molecule has 0 spiro atoms. The van der Waals surface area contributed by atoms with Gasteiger partial charge in [0.25, 0.3) is 0 Å². The summed E-state index contributed by atoms with van der Waals surface area (Å²) in [6, 6.07) is 6.93. The molecular formula is C17H19N5O3. The van der Waals surface area contributed by atoms with E-state index in [1.165, 1.54) is 15.7 Å². The summed E-state index contributed by atoms with van der Waals surface area (Å²) >= 11 is 0. The van der Waals surface area contributed by atoms with Crippen LogP contribution in [0.1, 0.15) is 6.92 Å². The quantitative estimate of drug-likeness (QED) is 0.724. The van der Waals surface area contributed by atoms with Gasteiger partial charge in [-0.25, -0.2) is 24.1 Å². The highest BCUT2D eigenvalue weighted by molar-refractivity contribution is 5.88. The summed E-state index contributed by atoms with van der Waals surface area (Å²) in [6.07, 6.45) is 1.50. The number of imidazole rings is 1. The lowest BCUT2D eigenvalue weighted by molar-refractivity contribution is 0.212. The molecule has 8 heteroatoms. The fourth-order valence-corrected chi connectivity index (χ4v) is 2.51. The molecule has 0 aliphatic carbocycles. The van der Waals surface area contributed by atoms with E-state index in [4.69, 9.17) is 4.74 Å². The van der Waals surface area contributed by atoms with Gasteiger partial charge in [0.15, 0.2) is 11.5 Å². The van der Waals surface area contributed by atoms with Gasteiger partial charge in [-0.1, -0.05) is 12.1 Å². The fraction of sp³-hybridized carbons (Fsp3) is 0.294. The third kappa shape index (κ3) is 2.75. The molecule has 3 rings (SSSR count). The molecule has 8 nitrogen and oxygen atoms in total. The number of rotatable bonds is 3. The van der Waals surface area contributed by atoms with Crippen molar-refractivity contribution in [3.8, 4) is 17.1 Å². The van der Waals surface area contributed by atoms with Crippen LogP contribution in [0, 0.1) is 0 Å². The number of fused-ring (bicyclic) bond motifs is 1. The lowest BCUT2D eigenvalue weighted by atomic mass is 10.2. The van der Waals surface area contributed by atoms with Crippen molar-refractivity contribution < 1.29 is 9.53 Å². The highest BCUT2D eigenvalue weighted by Gasteiger charge is 2.21. The maximum atomic E-state index is 12.5. The molecular weight excluding hydrogens is 322 g/mol. The lowest BCUT2D eigenvalue weighted by Crippen LogP contribution is -2.37. The minimum Gasteiger partial charge on any atom is -0.497 e. The van der Waals surface area contributed by atoms with Gasteiger partial charge in [0.05, 0.1) is 13.3 Å². The maximum Gasteiger partial charge on any atom is 0.338 e. The topological polar surface area (TPSA) is 82.2 Å². The Labute approximate surface area is 144 Å². The van der Waals surface area contributed by atoms with E-state index in [2.05, 4.69) is 9.97 Å². The smallest absolute Gasteiger partial charge is 0.338 e. The molecule has 0 radical (unpaired) electrons. The van der Waals surface area contributed by atoms with E-state index in [9.17, 15) is 9.59 Å². The third-order valence-electron chi connectivity index (χ3n) is 4.11. The number of methoxy groups -OCH3 is 1. The van der Waals surface area contributed by atoms with E-state index in [0.717, 1.165) is 10.1 Å². The molecule has 130 valence electrons. The molecule has 0 bridgehead atoms. The molecule has 0 fully saturated rings. The van der Waals surface area contributed by atoms with Crippen molar-refractivity contribution in [2.24, 2.45) is 7.05 Å². The Morgan fingerprint density at radius 2 is 2.12 bits per heavy atom. The second-order valence-corrected chi connectivity index (χ2v) is 5.61. The minimum atomic E-state index is -0.447. The Morgan fingerprint density at radius 1 is 1.36 bits per heavy atom. The van der Waals surface area contributed by atoms with E-state index in [1.807, 2.05) is 31.2 Å². The van der Waals surface area contributed by atoms with Gasteiger partial charge in [-0.15, -0.1) is 0 Å². The molecule has 25 heavy (non-hydrogen) atoms. The van der Waals surface area contributed by atoms with Gasteiger partial charge in [0, 0.05) is 26.2 Å². The van der Waals surface area contributed by atoms with Crippen LogP contribution in [-0.4, -0.2) is 50.7 Å². The largest absolute Gasteiger partial charge is 0.497 e. The molecule has 0 aliphatic rings. The first-order valence-electron chi connectivity index (χ1n) is 7.82. The third-order valence-corrected chi connectivity index (χ3v) is 4.11. The van der Waals surface area contributed by atoms with E-state index >= 15 is 0 Å². The average Bonchev–Trinajstić information content (AvgIpc) is 2.90.